The zero-order chi connectivity index (χ0) is 27.2. The maximum absolute atomic E-state index is 13.2. The van der Waals surface area contributed by atoms with Gasteiger partial charge in [-0.1, -0.05) is 32.0 Å². The Hall–Kier alpha value is -3.91. The number of benzene rings is 3. The van der Waals surface area contributed by atoms with E-state index in [1.807, 2.05) is 12.1 Å². The van der Waals surface area contributed by atoms with Crippen LogP contribution in [0.15, 0.2) is 66.7 Å². The predicted molar refractivity (Wildman–Crippen MR) is 149 cm³/mol. The van der Waals surface area contributed by atoms with Gasteiger partial charge < -0.3 is 29.9 Å². The Morgan fingerprint density at radius 1 is 1.00 bits per heavy atom. The summed E-state index contributed by atoms with van der Waals surface area (Å²) in [5, 5.41) is 23.1. The second kappa shape index (κ2) is 12.1. The second-order valence-electron chi connectivity index (χ2n) is 10.1. The quantitative estimate of drug-likeness (QED) is 0.372. The minimum absolute atomic E-state index is 0.0215. The van der Waals surface area contributed by atoms with Crippen LogP contribution in [0, 0.1) is 5.92 Å². The monoisotopic (exact) mass is 519 g/mol. The largest absolute Gasteiger partial charge is 0.508 e. The number of para-hydroxylation sites is 2. The second-order valence-corrected chi connectivity index (χ2v) is 10.1. The lowest BCUT2D eigenvalue weighted by Crippen LogP contribution is -2.56. The molecule has 0 unspecified atom stereocenters. The molecular formula is C30H37N3O5. The van der Waals surface area contributed by atoms with Gasteiger partial charge in [0.15, 0.2) is 23.0 Å². The number of piperazine rings is 1. The van der Waals surface area contributed by atoms with Crippen LogP contribution in [-0.4, -0.2) is 66.4 Å². The lowest BCUT2D eigenvalue weighted by atomic mass is 10.0. The first-order valence-electron chi connectivity index (χ1n) is 13.0. The number of ether oxygens (including phenoxy) is 2. The summed E-state index contributed by atoms with van der Waals surface area (Å²) in [5.74, 6) is 1.47. The Morgan fingerprint density at radius 3 is 2.47 bits per heavy atom. The Bertz CT molecular complexity index is 1250. The molecule has 0 bridgehead atoms. The van der Waals surface area contributed by atoms with Crippen LogP contribution in [0.3, 0.4) is 0 Å². The van der Waals surface area contributed by atoms with Crippen LogP contribution < -0.4 is 19.7 Å². The summed E-state index contributed by atoms with van der Waals surface area (Å²) in [7, 11) is 1.52. The van der Waals surface area contributed by atoms with Crippen molar-refractivity contribution in [3.8, 4) is 28.7 Å². The molecule has 3 aromatic carbocycles. The number of amides is 1. The van der Waals surface area contributed by atoms with Crippen LogP contribution in [0.5, 0.6) is 28.7 Å². The van der Waals surface area contributed by atoms with Crippen molar-refractivity contribution in [2.75, 3.05) is 38.2 Å². The summed E-state index contributed by atoms with van der Waals surface area (Å²) in [6.07, 6.45) is 0. The third-order valence-corrected chi connectivity index (χ3v) is 6.96. The maximum atomic E-state index is 13.2. The van der Waals surface area contributed by atoms with Gasteiger partial charge in [-0.15, -0.1) is 0 Å². The van der Waals surface area contributed by atoms with Crippen molar-refractivity contribution in [1.29, 1.82) is 0 Å². The van der Waals surface area contributed by atoms with Crippen molar-refractivity contribution >= 4 is 11.6 Å². The summed E-state index contributed by atoms with van der Waals surface area (Å²) in [5.41, 5.74) is 1.49. The van der Waals surface area contributed by atoms with Gasteiger partial charge >= 0.3 is 0 Å². The highest BCUT2D eigenvalue weighted by Crippen LogP contribution is 2.36. The SMILES string of the molecule is COc1cc(C(=O)N[C@H](CN2CCN(c3cccc(O)c3)[C@@H](C)C2)C(C)C)ccc1Oc1ccccc1O. The molecule has 1 aliphatic rings. The summed E-state index contributed by atoms with van der Waals surface area (Å²) in [6.45, 7) is 9.73. The number of rotatable bonds is 9. The lowest BCUT2D eigenvalue weighted by molar-refractivity contribution is 0.0902. The van der Waals surface area contributed by atoms with Crippen molar-refractivity contribution in [1.82, 2.24) is 10.2 Å². The third-order valence-electron chi connectivity index (χ3n) is 6.96. The molecule has 3 aromatic rings. The highest BCUT2D eigenvalue weighted by atomic mass is 16.5. The number of carbonyl (C=O) groups excluding carboxylic acids is 1. The zero-order valence-electron chi connectivity index (χ0n) is 22.4. The van der Waals surface area contributed by atoms with Gasteiger partial charge in [-0.25, -0.2) is 0 Å². The number of carbonyl (C=O) groups is 1. The summed E-state index contributed by atoms with van der Waals surface area (Å²) in [4.78, 5) is 17.9. The molecule has 8 heteroatoms. The molecule has 8 nitrogen and oxygen atoms in total. The molecule has 0 aliphatic carbocycles. The fourth-order valence-electron chi connectivity index (χ4n) is 4.76. The summed E-state index contributed by atoms with van der Waals surface area (Å²) in [6, 6.07) is 19.3. The Kier molecular flexibility index (Phi) is 8.63. The number of hydrogen-bond donors (Lipinski definition) is 3. The fraction of sp³-hybridized carbons (Fsp3) is 0.367. The van der Waals surface area contributed by atoms with E-state index in [1.54, 1.807) is 54.6 Å². The fourth-order valence-corrected chi connectivity index (χ4v) is 4.76. The van der Waals surface area contributed by atoms with Crippen molar-refractivity contribution in [2.24, 2.45) is 5.92 Å². The molecule has 38 heavy (non-hydrogen) atoms. The van der Waals surface area contributed by atoms with Crippen LogP contribution in [0.2, 0.25) is 0 Å². The number of anilines is 1. The van der Waals surface area contributed by atoms with E-state index >= 15 is 0 Å². The number of nitrogens with one attached hydrogen (secondary N) is 1. The third kappa shape index (κ3) is 6.50. The van der Waals surface area contributed by atoms with Crippen molar-refractivity contribution in [3.05, 3.63) is 72.3 Å². The van der Waals surface area contributed by atoms with Gasteiger partial charge in [0.1, 0.15) is 5.75 Å². The van der Waals surface area contributed by atoms with Crippen LogP contribution in [0.25, 0.3) is 0 Å². The number of aromatic hydroxyl groups is 2. The Balaban J connectivity index is 1.40. The smallest absolute Gasteiger partial charge is 0.251 e. The minimum atomic E-state index is -0.178. The van der Waals surface area contributed by atoms with Gasteiger partial charge in [0, 0.05) is 55.6 Å². The summed E-state index contributed by atoms with van der Waals surface area (Å²) >= 11 is 0. The van der Waals surface area contributed by atoms with Gasteiger partial charge in [-0.3, -0.25) is 9.69 Å². The molecule has 1 heterocycles. The topological polar surface area (TPSA) is 94.5 Å². The molecule has 0 saturated carbocycles. The number of phenols is 2. The Morgan fingerprint density at radius 2 is 1.79 bits per heavy atom. The van der Waals surface area contributed by atoms with E-state index in [4.69, 9.17) is 9.47 Å². The van der Waals surface area contributed by atoms with Gasteiger partial charge in [-0.2, -0.15) is 0 Å². The van der Waals surface area contributed by atoms with Gasteiger partial charge in [0.25, 0.3) is 5.91 Å². The molecule has 1 aliphatic heterocycles. The molecule has 3 N–H and O–H groups in total. The van der Waals surface area contributed by atoms with Gasteiger partial charge in [0.05, 0.1) is 7.11 Å². The predicted octanol–water partition coefficient (Wildman–Crippen LogP) is 4.86. The molecule has 0 spiro atoms. The molecule has 2 atom stereocenters. The standard InChI is InChI=1S/C30H37N3O5/c1-20(2)25(19-32-14-15-33(21(3)18-32)23-8-7-9-24(34)17-23)31-30(36)22-12-13-28(29(16-22)37-4)38-27-11-6-5-10-26(27)35/h5-13,16-17,20-21,25,34-35H,14-15,18-19H2,1-4H3,(H,31,36)/t21-,25+/m0/s1. The number of nitrogens with zero attached hydrogens (tertiary/aromatic N) is 2. The molecule has 1 saturated heterocycles. The average molecular weight is 520 g/mol. The molecular weight excluding hydrogens is 482 g/mol. The van der Waals surface area contributed by atoms with Crippen LogP contribution >= 0.6 is 0 Å². The van der Waals surface area contributed by atoms with E-state index in [0.717, 1.165) is 31.9 Å². The number of methoxy groups -OCH3 is 1. The normalized spacial score (nSPS) is 16.8. The van der Waals surface area contributed by atoms with Gasteiger partial charge in [0.2, 0.25) is 0 Å². The highest BCUT2D eigenvalue weighted by molar-refractivity contribution is 5.95. The van der Waals surface area contributed by atoms with Crippen molar-refractivity contribution in [3.63, 3.8) is 0 Å². The van der Waals surface area contributed by atoms with Gasteiger partial charge in [-0.05, 0) is 55.3 Å². The van der Waals surface area contributed by atoms with E-state index in [2.05, 4.69) is 35.9 Å². The first-order chi connectivity index (χ1) is 18.2. The molecule has 1 fully saturated rings. The average Bonchev–Trinajstić information content (AvgIpc) is 2.89. The first-order valence-corrected chi connectivity index (χ1v) is 13.0. The van der Waals surface area contributed by atoms with Crippen molar-refractivity contribution < 1.29 is 24.5 Å². The summed E-state index contributed by atoms with van der Waals surface area (Å²) < 4.78 is 11.3. The van der Waals surface area contributed by atoms with E-state index in [-0.39, 0.29) is 35.4 Å². The minimum Gasteiger partial charge on any atom is -0.508 e. The molecule has 1 amide bonds. The molecule has 202 valence electrons. The number of phenolic OH excluding ortho intramolecular Hbond substituents is 2. The zero-order valence-corrected chi connectivity index (χ0v) is 22.4. The number of hydrogen-bond acceptors (Lipinski definition) is 7. The van der Waals surface area contributed by atoms with E-state index < -0.39 is 0 Å². The Labute approximate surface area is 224 Å². The van der Waals surface area contributed by atoms with Crippen LogP contribution in [0.1, 0.15) is 31.1 Å². The van der Waals surface area contributed by atoms with E-state index in [0.29, 0.717) is 22.8 Å². The molecule has 0 radical (unpaired) electrons. The highest BCUT2D eigenvalue weighted by Gasteiger charge is 2.28. The van der Waals surface area contributed by atoms with Crippen LogP contribution in [-0.2, 0) is 0 Å². The molecule has 0 aromatic heterocycles. The van der Waals surface area contributed by atoms with Crippen molar-refractivity contribution in [2.45, 2.75) is 32.9 Å². The van der Waals surface area contributed by atoms with E-state index in [1.165, 1.54) is 7.11 Å². The molecule has 4 rings (SSSR count). The maximum Gasteiger partial charge on any atom is 0.251 e. The van der Waals surface area contributed by atoms with E-state index in [9.17, 15) is 15.0 Å². The first kappa shape index (κ1) is 27.1. The van der Waals surface area contributed by atoms with Crippen LogP contribution in [0.4, 0.5) is 5.69 Å². The lowest BCUT2D eigenvalue weighted by Gasteiger charge is -2.42.